The molecule has 140 valence electrons. The van der Waals surface area contributed by atoms with Crippen LogP contribution in [0.1, 0.15) is 49.6 Å². The Kier molecular flexibility index (Phi) is 6.57. The minimum absolute atomic E-state index is 0.0394. The molecule has 1 amide bonds. The van der Waals surface area contributed by atoms with Gasteiger partial charge in [-0.2, -0.15) is 0 Å². The Morgan fingerprint density at radius 2 is 1.92 bits per heavy atom. The summed E-state index contributed by atoms with van der Waals surface area (Å²) in [6.07, 6.45) is 2.67. The molecule has 1 aromatic heterocycles. The lowest BCUT2D eigenvalue weighted by Crippen LogP contribution is -2.42. The zero-order chi connectivity index (χ0) is 18.6. The van der Waals surface area contributed by atoms with Crippen LogP contribution in [0.5, 0.6) is 0 Å². The zero-order valence-electron chi connectivity index (χ0n) is 15.6. The molecule has 0 unspecified atom stereocenters. The number of amides is 1. The Hall–Kier alpha value is -1.47. The largest absolute Gasteiger partial charge is 0.324 e. The van der Waals surface area contributed by atoms with E-state index in [9.17, 15) is 13.2 Å². The van der Waals surface area contributed by atoms with Crippen molar-refractivity contribution in [1.82, 2.24) is 9.29 Å². The lowest BCUT2D eigenvalue weighted by molar-refractivity contribution is -0.120. The molecule has 0 spiro atoms. The summed E-state index contributed by atoms with van der Waals surface area (Å²) >= 11 is 0. The summed E-state index contributed by atoms with van der Waals surface area (Å²) in [5.74, 6) is 0.00790. The molecule has 0 radical (unpaired) electrons. The first-order chi connectivity index (χ1) is 11.7. The Morgan fingerprint density at radius 1 is 1.28 bits per heavy atom. The molecule has 1 N–H and O–H groups in total. The smallest absolute Gasteiger partial charge is 0.227 e. The van der Waals surface area contributed by atoms with Gasteiger partial charge in [0, 0.05) is 24.7 Å². The molecule has 0 atom stereocenters. The van der Waals surface area contributed by atoms with Crippen molar-refractivity contribution in [1.29, 1.82) is 0 Å². The predicted molar refractivity (Wildman–Crippen MR) is 100 cm³/mol. The molecule has 1 saturated heterocycles. The van der Waals surface area contributed by atoms with E-state index in [0.717, 1.165) is 29.1 Å². The lowest BCUT2D eigenvalue weighted by atomic mass is 9.97. The van der Waals surface area contributed by atoms with Crippen LogP contribution in [0.25, 0.3) is 0 Å². The number of rotatable bonds is 6. The molecule has 2 rings (SSSR count). The van der Waals surface area contributed by atoms with Gasteiger partial charge in [0.25, 0.3) is 0 Å². The van der Waals surface area contributed by atoms with Crippen molar-refractivity contribution in [2.45, 2.75) is 53.4 Å². The first-order valence-electron chi connectivity index (χ1n) is 8.98. The summed E-state index contributed by atoms with van der Waals surface area (Å²) in [5, 5.41) is 2.99. The number of hydrogen-bond acceptors (Lipinski definition) is 4. The average molecular weight is 368 g/mol. The Labute approximate surface area is 151 Å². The molecule has 25 heavy (non-hydrogen) atoms. The number of nitrogens with zero attached hydrogens (tertiary/aromatic N) is 2. The summed E-state index contributed by atoms with van der Waals surface area (Å²) in [6, 6.07) is 1.95. The molecule has 1 fully saturated rings. The standard InChI is InChI=1S/C18H29N3O3S/c1-5-6-11-25(23,24)21-9-7-16(8-10-21)18(22)20-17-13(2)12-14(3)19-15(17)4/h12,16H,5-11H2,1-4H3,(H,20,22). The third kappa shape index (κ3) is 5.01. The molecule has 0 aromatic carbocycles. The van der Waals surface area contributed by atoms with Gasteiger partial charge >= 0.3 is 0 Å². The van der Waals surface area contributed by atoms with Gasteiger partial charge in [-0.3, -0.25) is 9.78 Å². The van der Waals surface area contributed by atoms with Crippen LogP contribution >= 0.6 is 0 Å². The van der Waals surface area contributed by atoms with Crippen LogP contribution in [0.2, 0.25) is 0 Å². The van der Waals surface area contributed by atoms with E-state index in [-0.39, 0.29) is 17.6 Å². The second kappa shape index (κ2) is 8.27. The second-order valence-corrected chi connectivity index (χ2v) is 8.96. The highest BCUT2D eigenvalue weighted by atomic mass is 32.2. The van der Waals surface area contributed by atoms with E-state index in [1.54, 1.807) is 0 Å². The average Bonchev–Trinajstić information content (AvgIpc) is 2.56. The van der Waals surface area contributed by atoms with Crippen LogP contribution in [0.4, 0.5) is 5.69 Å². The molecule has 2 heterocycles. The van der Waals surface area contributed by atoms with E-state index in [1.165, 1.54) is 4.31 Å². The summed E-state index contributed by atoms with van der Waals surface area (Å²) in [5.41, 5.74) is 3.51. The molecule has 1 aliphatic heterocycles. The zero-order valence-corrected chi connectivity index (χ0v) is 16.4. The van der Waals surface area contributed by atoms with Crippen LogP contribution in [0.3, 0.4) is 0 Å². The molecule has 0 bridgehead atoms. The van der Waals surface area contributed by atoms with Crippen LogP contribution in [0, 0.1) is 26.7 Å². The highest BCUT2D eigenvalue weighted by Crippen LogP contribution is 2.24. The predicted octanol–water partition coefficient (Wildman–Crippen LogP) is 2.79. The second-order valence-electron chi connectivity index (χ2n) is 6.87. The highest BCUT2D eigenvalue weighted by Gasteiger charge is 2.31. The van der Waals surface area contributed by atoms with Gasteiger partial charge in [0.05, 0.1) is 17.1 Å². The maximum absolute atomic E-state index is 12.6. The van der Waals surface area contributed by atoms with Crippen molar-refractivity contribution in [3.8, 4) is 0 Å². The lowest BCUT2D eigenvalue weighted by Gasteiger charge is -2.30. The number of nitrogens with one attached hydrogen (secondary N) is 1. The van der Waals surface area contributed by atoms with E-state index in [2.05, 4.69) is 10.3 Å². The molecule has 0 saturated carbocycles. The van der Waals surface area contributed by atoms with Gasteiger partial charge in [0.15, 0.2) is 0 Å². The third-order valence-electron chi connectivity index (χ3n) is 4.75. The fourth-order valence-electron chi connectivity index (χ4n) is 3.29. The fraction of sp³-hybridized carbons (Fsp3) is 0.667. The van der Waals surface area contributed by atoms with Crippen LogP contribution in [0.15, 0.2) is 6.07 Å². The first kappa shape index (κ1) is 19.8. The Balaban J connectivity index is 1.96. The number of aryl methyl sites for hydroxylation is 3. The van der Waals surface area contributed by atoms with Gasteiger partial charge in [-0.15, -0.1) is 0 Å². The number of hydrogen-bond donors (Lipinski definition) is 1. The van der Waals surface area contributed by atoms with Crippen molar-refractivity contribution in [2.75, 3.05) is 24.2 Å². The number of pyridine rings is 1. The topological polar surface area (TPSA) is 79.4 Å². The minimum atomic E-state index is -3.18. The number of anilines is 1. The van der Waals surface area contributed by atoms with E-state index < -0.39 is 10.0 Å². The molecule has 1 aromatic rings. The van der Waals surface area contributed by atoms with Crippen molar-refractivity contribution in [3.05, 3.63) is 23.0 Å². The van der Waals surface area contributed by atoms with E-state index in [1.807, 2.05) is 33.8 Å². The molecular formula is C18H29N3O3S. The van der Waals surface area contributed by atoms with Crippen LogP contribution in [-0.2, 0) is 14.8 Å². The number of carbonyl (C=O) groups is 1. The van der Waals surface area contributed by atoms with Gasteiger partial charge in [-0.25, -0.2) is 12.7 Å². The Bertz CT molecular complexity index is 700. The molecule has 7 heteroatoms. The molecule has 6 nitrogen and oxygen atoms in total. The van der Waals surface area contributed by atoms with Crippen LogP contribution in [-0.4, -0.2) is 42.5 Å². The van der Waals surface area contributed by atoms with Gasteiger partial charge in [-0.1, -0.05) is 13.3 Å². The van der Waals surface area contributed by atoms with E-state index >= 15 is 0 Å². The van der Waals surface area contributed by atoms with Gasteiger partial charge in [0.1, 0.15) is 0 Å². The van der Waals surface area contributed by atoms with Crippen molar-refractivity contribution in [2.24, 2.45) is 5.92 Å². The normalized spacial score (nSPS) is 16.8. The van der Waals surface area contributed by atoms with Gasteiger partial charge < -0.3 is 5.32 Å². The number of piperidine rings is 1. The summed E-state index contributed by atoms with van der Waals surface area (Å²) < 4.78 is 26.0. The number of sulfonamides is 1. The Morgan fingerprint density at radius 3 is 2.48 bits per heavy atom. The van der Waals surface area contributed by atoms with E-state index in [0.29, 0.717) is 32.4 Å². The molecule has 1 aliphatic rings. The van der Waals surface area contributed by atoms with Crippen molar-refractivity contribution in [3.63, 3.8) is 0 Å². The molecule has 0 aliphatic carbocycles. The minimum Gasteiger partial charge on any atom is -0.324 e. The maximum Gasteiger partial charge on any atom is 0.227 e. The van der Waals surface area contributed by atoms with Crippen molar-refractivity contribution < 1.29 is 13.2 Å². The number of unbranched alkanes of at least 4 members (excludes halogenated alkanes) is 1. The fourth-order valence-corrected chi connectivity index (χ4v) is 4.97. The van der Waals surface area contributed by atoms with Crippen LogP contribution < -0.4 is 5.32 Å². The van der Waals surface area contributed by atoms with Crippen molar-refractivity contribution >= 4 is 21.6 Å². The first-order valence-corrected chi connectivity index (χ1v) is 10.6. The summed E-state index contributed by atoms with van der Waals surface area (Å²) in [6.45, 7) is 8.61. The summed E-state index contributed by atoms with van der Waals surface area (Å²) in [4.78, 5) is 17.0. The van der Waals surface area contributed by atoms with Gasteiger partial charge in [-0.05, 0) is 51.7 Å². The third-order valence-corrected chi connectivity index (χ3v) is 6.70. The monoisotopic (exact) mass is 367 g/mol. The number of aromatic nitrogens is 1. The molecular weight excluding hydrogens is 338 g/mol. The quantitative estimate of drug-likeness (QED) is 0.838. The number of carbonyl (C=O) groups excluding carboxylic acids is 1. The highest BCUT2D eigenvalue weighted by molar-refractivity contribution is 7.89. The summed E-state index contributed by atoms with van der Waals surface area (Å²) in [7, 11) is -3.18. The SMILES string of the molecule is CCCCS(=O)(=O)N1CCC(C(=O)Nc2c(C)cc(C)nc2C)CC1. The van der Waals surface area contributed by atoms with E-state index in [4.69, 9.17) is 0 Å². The maximum atomic E-state index is 12.6. The van der Waals surface area contributed by atoms with Gasteiger partial charge in [0.2, 0.25) is 15.9 Å².